The van der Waals surface area contributed by atoms with Crippen LogP contribution in [0.2, 0.25) is 0 Å². The molecule has 1 aliphatic heterocycles. The minimum atomic E-state index is -0.131. The van der Waals surface area contributed by atoms with Gasteiger partial charge in [0, 0.05) is 30.1 Å². The molecule has 0 saturated heterocycles. The zero-order valence-electron chi connectivity index (χ0n) is 22.0. The normalized spacial score (nSPS) is 13.3. The summed E-state index contributed by atoms with van der Waals surface area (Å²) in [5, 5.41) is 13.7. The van der Waals surface area contributed by atoms with Crippen molar-refractivity contribution in [2.24, 2.45) is 0 Å². The highest BCUT2D eigenvalue weighted by atomic mass is 16.7. The van der Waals surface area contributed by atoms with Crippen LogP contribution in [0.25, 0.3) is 10.9 Å². The first-order chi connectivity index (χ1) is 19.1. The molecule has 3 aromatic carbocycles. The Morgan fingerprint density at radius 3 is 2.51 bits per heavy atom. The van der Waals surface area contributed by atoms with Crippen LogP contribution in [0.1, 0.15) is 47.5 Å². The third-order valence-corrected chi connectivity index (χ3v) is 7.15. The average molecular weight is 523 g/mol. The molecule has 0 spiro atoms. The van der Waals surface area contributed by atoms with Gasteiger partial charge >= 0.3 is 0 Å². The summed E-state index contributed by atoms with van der Waals surface area (Å²) in [6.45, 7) is 6.01. The molecule has 9 heteroatoms. The van der Waals surface area contributed by atoms with Crippen molar-refractivity contribution in [2.75, 3.05) is 6.79 Å². The molecule has 9 nitrogen and oxygen atoms in total. The van der Waals surface area contributed by atoms with E-state index < -0.39 is 0 Å². The zero-order valence-corrected chi connectivity index (χ0v) is 22.0. The van der Waals surface area contributed by atoms with E-state index in [1.54, 1.807) is 0 Å². The van der Waals surface area contributed by atoms with Gasteiger partial charge in [-0.15, -0.1) is 5.10 Å². The van der Waals surface area contributed by atoms with E-state index in [4.69, 9.17) is 9.47 Å². The molecule has 0 bridgehead atoms. The number of tetrazole rings is 1. The number of benzene rings is 3. The van der Waals surface area contributed by atoms with E-state index in [1.165, 1.54) is 5.56 Å². The largest absolute Gasteiger partial charge is 0.454 e. The van der Waals surface area contributed by atoms with E-state index in [-0.39, 0.29) is 18.4 Å². The van der Waals surface area contributed by atoms with E-state index in [0.29, 0.717) is 36.7 Å². The lowest BCUT2D eigenvalue weighted by molar-refractivity contribution is 0.161. The van der Waals surface area contributed by atoms with Gasteiger partial charge < -0.3 is 14.5 Å². The number of nitrogens with zero attached hydrogens (tertiary/aromatic N) is 5. The van der Waals surface area contributed by atoms with E-state index in [0.717, 1.165) is 34.3 Å². The second-order valence-corrected chi connectivity index (χ2v) is 9.91. The van der Waals surface area contributed by atoms with Gasteiger partial charge in [-0.2, -0.15) is 0 Å². The summed E-state index contributed by atoms with van der Waals surface area (Å²) >= 11 is 0. The van der Waals surface area contributed by atoms with Crippen molar-refractivity contribution in [2.45, 2.75) is 45.9 Å². The molecule has 0 unspecified atom stereocenters. The van der Waals surface area contributed by atoms with Gasteiger partial charge in [0.15, 0.2) is 17.3 Å². The molecular weight excluding hydrogens is 492 g/mol. The van der Waals surface area contributed by atoms with Crippen molar-refractivity contribution in [3.05, 3.63) is 111 Å². The lowest BCUT2D eigenvalue weighted by Crippen LogP contribution is -2.32. The van der Waals surface area contributed by atoms with Gasteiger partial charge in [0.25, 0.3) is 5.56 Å². The average Bonchev–Trinajstić information content (AvgIpc) is 3.59. The molecular formula is C30H30N6O3. The van der Waals surface area contributed by atoms with Crippen LogP contribution in [-0.2, 0) is 19.6 Å². The number of hydrogen-bond acceptors (Lipinski definition) is 7. The minimum absolute atomic E-state index is 0.114. The van der Waals surface area contributed by atoms with Gasteiger partial charge in [0.2, 0.25) is 6.79 Å². The Bertz CT molecular complexity index is 1650. The SMILES string of the molecule is CC[C@H](c1nnnn1Cc1ccccc1)N(Cc1ccc(C)cc1)Cc1cc2cc3c(cc2[nH]c1=O)OCO3. The lowest BCUT2D eigenvalue weighted by Gasteiger charge is -2.30. The summed E-state index contributed by atoms with van der Waals surface area (Å²) < 4.78 is 12.9. The lowest BCUT2D eigenvalue weighted by atomic mass is 10.1. The highest BCUT2D eigenvalue weighted by Gasteiger charge is 2.26. The number of ether oxygens (including phenoxy) is 2. The van der Waals surface area contributed by atoms with Crippen LogP contribution in [0, 0.1) is 6.92 Å². The summed E-state index contributed by atoms with van der Waals surface area (Å²) in [5.74, 6) is 2.10. The Morgan fingerprint density at radius 2 is 1.74 bits per heavy atom. The number of nitrogens with one attached hydrogen (secondary N) is 1. The predicted molar refractivity (Wildman–Crippen MR) is 148 cm³/mol. The van der Waals surface area contributed by atoms with Crippen LogP contribution in [0.4, 0.5) is 0 Å². The number of aromatic amines is 1. The smallest absolute Gasteiger partial charge is 0.252 e. The Labute approximate surface area is 226 Å². The Kier molecular flexibility index (Phi) is 6.81. The minimum Gasteiger partial charge on any atom is -0.454 e. The van der Waals surface area contributed by atoms with Crippen molar-refractivity contribution in [3.63, 3.8) is 0 Å². The van der Waals surface area contributed by atoms with E-state index in [2.05, 4.69) is 75.7 Å². The third kappa shape index (κ3) is 5.26. The van der Waals surface area contributed by atoms with Crippen LogP contribution in [-0.4, -0.2) is 36.9 Å². The van der Waals surface area contributed by atoms with E-state index >= 15 is 0 Å². The second kappa shape index (κ2) is 10.7. The first-order valence-corrected chi connectivity index (χ1v) is 13.1. The third-order valence-electron chi connectivity index (χ3n) is 7.15. The molecule has 198 valence electrons. The summed E-state index contributed by atoms with van der Waals surface area (Å²) in [4.78, 5) is 18.6. The summed E-state index contributed by atoms with van der Waals surface area (Å²) in [7, 11) is 0. The van der Waals surface area contributed by atoms with Crippen molar-refractivity contribution in [1.82, 2.24) is 30.1 Å². The number of fused-ring (bicyclic) bond motifs is 2. The number of pyridine rings is 1. The number of hydrogen-bond donors (Lipinski definition) is 1. The maximum Gasteiger partial charge on any atom is 0.252 e. The number of rotatable bonds is 9. The van der Waals surface area contributed by atoms with Gasteiger partial charge in [0.1, 0.15) is 0 Å². The van der Waals surface area contributed by atoms with Crippen LogP contribution < -0.4 is 15.0 Å². The van der Waals surface area contributed by atoms with Gasteiger partial charge in [-0.3, -0.25) is 9.69 Å². The Hall–Kier alpha value is -4.50. The molecule has 0 fully saturated rings. The Balaban J connectivity index is 1.37. The standard InChI is InChI=1S/C30H30N6O3/c1-3-26(29-32-33-34-36(29)17-21-7-5-4-6-8-21)35(16-22-11-9-20(2)10-12-22)18-24-13-23-14-27-28(39-19-38-27)15-25(23)31-30(24)37/h4-15,26H,3,16-19H2,1-2H3,(H,31,37)/t26-/m1/s1. The topological polar surface area (TPSA) is 98.2 Å². The number of aromatic nitrogens is 5. The van der Waals surface area contributed by atoms with E-state index in [1.807, 2.05) is 41.1 Å². The first-order valence-electron chi connectivity index (χ1n) is 13.1. The molecule has 0 saturated carbocycles. The maximum absolute atomic E-state index is 13.3. The zero-order chi connectivity index (χ0) is 26.8. The molecule has 5 aromatic rings. The predicted octanol–water partition coefficient (Wildman–Crippen LogP) is 4.75. The van der Waals surface area contributed by atoms with Gasteiger partial charge in [-0.05, 0) is 47.0 Å². The molecule has 1 aliphatic rings. The molecule has 39 heavy (non-hydrogen) atoms. The van der Waals surface area contributed by atoms with Crippen LogP contribution in [0.3, 0.4) is 0 Å². The summed E-state index contributed by atoms with van der Waals surface area (Å²) in [6.07, 6.45) is 0.769. The van der Waals surface area contributed by atoms with Crippen molar-refractivity contribution in [1.29, 1.82) is 0 Å². The molecule has 6 rings (SSSR count). The van der Waals surface area contributed by atoms with Gasteiger partial charge in [0.05, 0.1) is 18.1 Å². The number of aryl methyl sites for hydroxylation is 1. The van der Waals surface area contributed by atoms with Gasteiger partial charge in [-0.1, -0.05) is 67.1 Å². The molecule has 0 aliphatic carbocycles. The molecule has 0 radical (unpaired) electrons. The highest BCUT2D eigenvalue weighted by Crippen LogP contribution is 2.35. The Morgan fingerprint density at radius 1 is 0.974 bits per heavy atom. The molecule has 0 amide bonds. The number of H-pyrrole nitrogens is 1. The fraction of sp³-hybridized carbons (Fsp3) is 0.267. The molecule has 1 atom stereocenters. The fourth-order valence-corrected chi connectivity index (χ4v) is 5.11. The first kappa shape index (κ1) is 24.8. The van der Waals surface area contributed by atoms with Crippen LogP contribution >= 0.6 is 0 Å². The van der Waals surface area contributed by atoms with E-state index in [9.17, 15) is 4.79 Å². The fourth-order valence-electron chi connectivity index (χ4n) is 5.11. The van der Waals surface area contributed by atoms with Crippen molar-refractivity contribution in [3.8, 4) is 11.5 Å². The van der Waals surface area contributed by atoms with Crippen molar-refractivity contribution < 1.29 is 9.47 Å². The highest BCUT2D eigenvalue weighted by molar-refractivity contribution is 5.83. The summed E-state index contributed by atoms with van der Waals surface area (Å²) in [6, 6.07) is 24.2. The van der Waals surface area contributed by atoms with Crippen LogP contribution in [0.15, 0.2) is 77.6 Å². The maximum atomic E-state index is 13.3. The molecule has 1 N–H and O–H groups in total. The van der Waals surface area contributed by atoms with Crippen LogP contribution in [0.5, 0.6) is 11.5 Å². The monoisotopic (exact) mass is 522 g/mol. The summed E-state index contributed by atoms with van der Waals surface area (Å²) in [5.41, 5.74) is 4.73. The quantitative estimate of drug-likeness (QED) is 0.298. The van der Waals surface area contributed by atoms with Gasteiger partial charge in [-0.25, -0.2) is 4.68 Å². The second-order valence-electron chi connectivity index (χ2n) is 9.91. The molecule has 3 heterocycles. The molecule has 2 aromatic heterocycles. The van der Waals surface area contributed by atoms with Crippen molar-refractivity contribution >= 4 is 10.9 Å².